The van der Waals surface area contributed by atoms with Crippen LogP contribution in [0.25, 0.3) is 4.96 Å². The number of hydrogen-bond donors (Lipinski definition) is 0. The van der Waals surface area contributed by atoms with E-state index in [-0.39, 0.29) is 0 Å². The third-order valence-electron chi connectivity index (χ3n) is 2.53. The van der Waals surface area contributed by atoms with Crippen molar-refractivity contribution < 1.29 is 0 Å². The molecular weight excluding hydrogens is 170 g/mol. The molecule has 2 heterocycles. The number of fused-ring (bicyclic) bond motifs is 1. The maximum Gasteiger partial charge on any atom is 0.212 e. The minimum Gasteiger partial charge on any atom is -0.222 e. The standard InChI is InChI=1S/C8H9N3S/c1-2-6(3-1)7-4-11-8(10-7)12-5-9-11/h4-6H,1-3H2. The third kappa shape index (κ3) is 0.813. The Bertz CT molecular complexity index is 371. The van der Waals surface area contributed by atoms with E-state index in [9.17, 15) is 0 Å². The first-order chi connectivity index (χ1) is 5.93. The molecule has 62 valence electrons. The van der Waals surface area contributed by atoms with Gasteiger partial charge in [-0.25, -0.2) is 9.50 Å². The molecule has 0 radical (unpaired) electrons. The number of nitrogens with zero attached hydrogens (tertiary/aromatic N) is 3. The molecule has 2 aromatic rings. The lowest BCUT2D eigenvalue weighted by Crippen LogP contribution is -2.08. The molecule has 4 heteroatoms. The Labute approximate surface area is 74.1 Å². The van der Waals surface area contributed by atoms with Gasteiger partial charge in [0.05, 0.1) is 11.9 Å². The Balaban J connectivity index is 2.08. The molecule has 1 fully saturated rings. The van der Waals surface area contributed by atoms with Gasteiger partial charge in [0, 0.05) is 5.92 Å². The molecule has 0 unspecified atom stereocenters. The predicted molar refractivity (Wildman–Crippen MR) is 47.5 cm³/mol. The summed E-state index contributed by atoms with van der Waals surface area (Å²) in [7, 11) is 0. The molecule has 0 N–H and O–H groups in total. The average molecular weight is 179 g/mol. The van der Waals surface area contributed by atoms with Crippen LogP contribution in [0.15, 0.2) is 11.7 Å². The maximum absolute atomic E-state index is 4.51. The Morgan fingerprint density at radius 2 is 2.42 bits per heavy atom. The van der Waals surface area contributed by atoms with E-state index in [0.717, 1.165) is 10.9 Å². The summed E-state index contributed by atoms with van der Waals surface area (Å²) in [6, 6.07) is 0. The van der Waals surface area contributed by atoms with E-state index < -0.39 is 0 Å². The SMILES string of the molecule is c1nn2cc(C3CCC3)nc2s1. The molecule has 1 aliphatic rings. The Kier molecular flexibility index (Phi) is 1.26. The zero-order chi connectivity index (χ0) is 7.97. The van der Waals surface area contributed by atoms with Gasteiger partial charge in [-0.1, -0.05) is 17.8 Å². The van der Waals surface area contributed by atoms with E-state index in [4.69, 9.17) is 0 Å². The van der Waals surface area contributed by atoms with Crippen LogP contribution in [0.2, 0.25) is 0 Å². The summed E-state index contributed by atoms with van der Waals surface area (Å²) >= 11 is 1.60. The van der Waals surface area contributed by atoms with Gasteiger partial charge in [0.2, 0.25) is 4.96 Å². The van der Waals surface area contributed by atoms with E-state index >= 15 is 0 Å². The molecule has 0 spiro atoms. The summed E-state index contributed by atoms with van der Waals surface area (Å²) < 4.78 is 1.87. The van der Waals surface area contributed by atoms with Crippen molar-refractivity contribution in [2.75, 3.05) is 0 Å². The topological polar surface area (TPSA) is 30.2 Å². The largest absolute Gasteiger partial charge is 0.222 e. The second-order valence-corrected chi connectivity index (χ2v) is 4.07. The van der Waals surface area contributed by atoms with Crippen molar-refractivity contribution >= 4 is 16.3 Å². The van der Waals surface area contributed by atoms with Crippen LogP contribution in [0.3, 0.4) is 0 Å². The van der Waals surface area contributed by atoms with Crippen LogP contribution >= 0.6 is 11.3 Å². The number of rotatable bonds is 1. The van der Waals surface area contributed by atoms with Crippen LogP contribution in [0.1, 0.15) is 30.9 Å². The molecular formula is C8H9N3S. The van der Waals surface area contributed by atoms with Crippen LogP contribution in [-0.2, 0) is 0 Å². The summed E-state index contributed by atoms with van der Waals surface area (Å²) in [5.74, 6) is 0.721. The van der Waals surface area contributed by atoms with Crippen molar-refractivity contribution in [2.45, 2.75) is 25.2 Å². The molecule has 1 saturated carbocycles. The molecule has 3 rings (SSSR count). The smallest absolute Gasteiger partial charge is 0.212 e. The first-order valence-corrected chi connectivity index (χ1v) is 5.10. The van der Waals surface area contributed by atoms with Crippen molar-refractivity contribution in [3.8, 4) is 0 Å². The van der Waals surface area contributed by atoms with Crippen LogP contribution in [-0.4, -0.2) is 14.6 Å². The number of imidazole rings is 1. The normalized spacial score (nSPS) is 18.3. The number of aromatic nitrogens is 3. The van der Waals surface area contributed by atoms with Gasteiger partial charge in [0.15, 0.2) is 0 Å². The zero-order valence-corrected chi connectivity index (χ0v) is 7.42. The van der Waals surface area contributed by atoms with Crippen LogP contribution < -0.4 is 0 Å². The van der Waals surface area contributed by atoms with Gasteiger partial charge in [0.25, 0.3) is 0 Å². The summed E-state index contributed by atoms with van der Waals surface area (Å²) in [6.45, 7) is 0. The molecule has 1 aliphatic carbocycles. The fraction of sp³-hybridized carbons (Fsp3) is 0.500. The highest BCUT2D eigenvalue weighted by Crippen LogP contribution is 2.35. The van der Waals surface area contributed by atoms with Gasteiger partial charge in [-0.15, -0.1) is 0 Å². The lowest BCUT2D eigenvalue weighted by Gasteiger charge is -2.22. The van der Waals surface area contributed by atoms with Gasteiger partial charge in [0.1, 0.15) is 5.51 Å². The van der Waals surface area contributed by atoms with Gasteiger partial charge in [-0.05, 0) is 12.8 Å². The fourth-order valence-corrected chi connectivity index (χ4v) is 2.17. The highest BCUT2D eigenvalue weighted by molar-refractivity contribution is 7.14. The molecule has 2 aromatic heterocycles. The molecule has 0 aromatic carbocycles. The maximum atomic E-state index is 4.51. The lowest BCUT2D eigenvalue weighted by molar-refractivity contribution is 0.412. The van der Waals surface area contributed by atoms with Gasteiger partial charge < -0.3 is 0 Å². The van der Waals surface area contributed by atoms with Crippen molar-refractivity contribution in [1.29, 1.82) is 0 Å². The van der Waals surface area contributed by atoms with E-state index in [2.05, 4.69) is 16.3 Å². The lowest BCUT2D eigenvalue weighted by atomic mass is 9.83. The Hall–Kier alpha value is -0.900. The Morgan fingerprint density at radius 1 is 1.50 bits per heavy atom. The highest BCUT2D eigenvalue weighted by atomic mass is 32.1. The average Bonchev–Trinajstić information content (AvgIpc) is 2.40. The van der Waals surface area contributed by atoms with E-state index in [1.165, 1.54) is 25.0 Å². The van der Waals surface area contributed by atoms with Crippen molar-refractivity contribution in [2.24, 2.45) is 0 Å². The van der Waals surface area contributed by atoms with E-state index in [1.807, 2.05) is 10.0 Å². The third-order valence-corrected chi connectivity index (χ3v) is 3.22. The fourth-order valence-electron chi connectivity index (χ4n) is 1.56. The van der Waals surface area contributed by atoms with Crippen LogP contribution in [0.4, 0.5) is 0 Å². The highest BCUT2D eigenvalue weighted by Gasteiger charge is 2.22. The summed E-state index contributed by atoms with van der Waals surface area (Å²) in [4.78, 5) is 5.54. The van der Waals surface area contributed by atoms with E-state index in [1.54, 1.807) is 11.3 Å². The second-order valence-electron chi connectivity index (χ2n) is 3.26. The summed E-state index contributed by atoms with van der Waals surface area (Å²) in [5, 5.41) is 4.15. The molecule has 0 saturated heterocycles. The monoisotopic (exact) mass is 179 g/mol. The first-order valence-electron chi connectivity index (χ1n) is 4.22. The molecule has 12 heavy (non-hydrogen) atoms. The van der Waals surface area contributed by atoms with Crippen molar-refractivity contribution in [1.82, 2.24) is 14.6 Å². The second kappa shape index (κ2) is 2.29. The molecule has 0 atom stereocenters. The quantitative estimate of drug-likeness (QED) is 0.670. The minimum absolute atomic E-state index is 0.721. The van der Waals surface area contributed by atoms with Gasteiger partial charge in [-0.3, -0.25) is 0 Å². The predicted octanol–water partition coefficient (Wildman–Crippen LogP) is 2.06. The van der Waals surface area contributed by atoms with Gasteiger partial charge in [-0.2, -0.15) is 5.10 Å². The Morgan fingerprint density at radius 3 is 3.08 bits per heavy atom. The summed E-state index contributed by atoms with van der Waals surface area (Å²) in [5.41, 5.74) is 3.06. The first kappa shape index (κ1) is 6.60. The molecule has 0 amide bonds. The van der Waals surface area contributed by atoms with Crippen LogP contribution in [0, 0.1) is 0 Å². The van der Waals surface area contributed by atoms with E-state index in [0.29, 0.717) is 0 Å². The number of hydrogen-bond acceptors (Lipinski definition) is 3. The minimum atomic E-state index is 0.721. The molecule has 0 bridgehead atoms. The van der Waals surface area contributed by atoms with Crippen LogP contribution in [0.5, 0.6) is 0 Å². The van der Waals surface area contributed by atoms with Gasteiger partial charge >= 0.3 is 0 Å². The van der Waals surface area contributed by atoms with Crippen molar-refractivity contribution in [3.05, 3.63) is 17.4 Å². The molecule has 0 aliphatic heterocycles. The zero-order valence-electron chi connectivity index (χ0n) is 6.60. The van der Waals surface area contributed by atoms with Crippen molar-refractivity contribution in [3.63, 3.8) is 0 Å². The summed E-state index contributed by atoms with van der Waals surface area (Å²) in [6.07, 6.45) is 6.05. The molecule has 3 nitrogen and oxygen atoms in total.